The number of benzene rings is 1. The summed E-state index contributed by atoms with van der Waals surface area (Å²) in [5, 5.41) is 0. The third-order valence-corrected chi connectivity index (χ3v) is 7.13. The second kappa shape index (κ2) is 7.99. The number of hydrogen-bond acceptors (Lipinski definition) is 2. The van der Waals surface area contributed by atoms with E-state index in [1.165, 1.54) is 11.6 Å². The van der Waals surface area contributed by atoms with E-state index >= 15 is 0 Å². The third-order valence-electron chi connectivity index (χ3n) is 4.94. The van der Waals surface area contributed by atoms with E-state index in [0.29, 0.717) is 6.42 Å². The van der Waals surface area contributed by atoms with Crippen molar-refractivity contribution in [2.24, 2.45) is 11.8 Å². The Morgan fingerprint density at radius 1 is 1.31 bits per heavy atom. The first-order chi connectivity index (χ1) is 12.4. The SMILES string of the molecule is C[Se]C(=O)CC1=C2C=C(F)C=CC2/C(=C\c2ccc(S(C)=O)cc2)C1C. The van der Waals surface area contributed by atoms with Crippen molar-refractivity contribution in [1.82, 2.24) is 0 Å². The van der Waals surface area contributed by atoms with Crippen LogP contribution in [-0.2, 0) is 15.6 Å². The second-order valence-corrected chi connectivity index (χ2v) is 9.68. The van der Waals surface area contributed by atoms with Gasteiger partial charge in [-0.25, -0.2) is 0 Å². The average molecular weight is 435 g/mol. The van der Waals surface area contributed by atoms with E-state index in [0.717, 1.165) is 21.6 Å². The number of hydrogen-bond donors (Lipinski definition) is 0. The summed E-state index contributed by atoms with van der Waals surface area (Å²) in [7, 11) is -0.998. The first kappa shape index (κ1) is 19.2. The van der Waals surface area contributed by atoms with Gasteiger partial charge in [-0.05, 0) is 0 Å². The number of rotatable bonds is 5. The minimum atomic E-state index is -0.998. The fourth-order valence-electron chi connectivity index (χ4n) is 3.53. The first-order valence-corrected chi connectivity index (χ1v) is 12.5. The number of allylic oxidation sites excluding steroid dienone is 7. The second-order valence-electron chi connectivity index (χ2n) is 6.49. The zero-order valence-electron chi connectivity index (χ0n) is 15.0. The molecule has 0 aliphatic heterocycles. The molecule has 0 saturated heterocycles. The van der Waals surface area contributed by atoms with Crippen molar-refractivity contribution in [2.45, 2.75) is 24.1 Å². The van der Waals surface area contributed by atoms with Crippen LogP contribution in [0.15, 0.2) is 69.9 Å². The van der Waals surface area contributed by atoms with Gasteiger partial charge in [-0.3, -0.25) is 0 Å². The van der Waals surface area contributed by atoms with Gasteiger partial charge in [0.15, 0.2) is 0 Å². The van der Waals surface area contributed by atoms with Crippen LogP contribution in [0.4, 0.5) is 4.39 Å². The van der Waals surface area contributed by atoms with E-state index in [1.54, 1.807) is 12.3 Å². The summed E-state index contributed by atoms with van der Waals surface area (Å²) < 4.78 is 25.6. The molecule has 2 nitrogen and oxygen atoms in total. The van der Waals surface area contributed by atoms with Crippen LogP contribution in [0.3, 0.4) is 0 Å². The molecule has 3 rings (SSSR count). The van der Waals surface area contributed by atoms with Crippen LogP contribution in [0.2, 0.25) is 5.82 Å². The van der Waals surface area contributed by atoms with Crippen LogP contribution >= 0.6 is 0 Å². The van der Waals surface area contributed by atoms with Gasteiger partial charge in [0.05, 0.1) is 0 Å². The molecule has 0 N–H and O–H groups in total. The fraction of sp³-hybridized carbons (Fsp3) is 0.286. The molecule has 0 amide bonds. The minimum absolute atomic E-state index is 0.0247. The van der Waals surface area contributed by atoms with Gasteiger partial charge >= 0.3 is 163 Å². The summed E-state index contributed by atoms with van der Waals surface area (Å²) in [5.41, 5.74) is 4.18. The Morgan fingerprint density at radius 3 is 2.62 bits per heavy atom. The van der Waals surface area contributed by atoms with Crippen LogP contribution < -0.4 is 0 Å². The molecule has 26 heavy (non-hydrogen) atoms. The zero-order valence-corrected chi connectivity index (χ0v) is 17.5. The van der Waals surface area contributed by atoms with Gasteiger partial charge in [0.1, 0.15) is 0 Å². The van der Waals surface area contributed by atoms with Crippen LogP contribution in [-0.4, -0.2) is 30.1 Å². The predicted molar refractivity (Wildman–Crippen MR) is 106 cm³/mol. The van der Waals surface area contributed by atoms with Crippen molar-refractivity contribution < 1.29 is 13.4 Å². The quantitative estimate of drug-likeness (QED) is 0.640. The molecule has 0 saturated carbocycles. The molecule has 2 aliphatic carbocycles. The molecule has 3 atom stereocenters. The van der Waals surface area contributed by atoms with E-state index in [9.17, 15) is 13.4 Å². The van der Waals surface area contributed by atoms with Crippen molar-refractivity contribution in [3.8, 4) is 0 Å². The van der Waals surface area contributed by atoms with Gasteiger partial charge in [-0.1, -0.05) is 0 Å². The van der Waals surface area contributed by atoms with Crippen LogP contribution in [0.25, 0.3) is 6.08 Å². The molecule has 0 aromatic heterocycles. The van der Waals surface area contributed by atoms with E-state index in [4.69, 9.17) is 0 Å². The molecule has 0 radical (unpaired) electrons. The Morgan fingerprint density at radius 2 is 2.00 bits per heavy atom. The van der Waals surface area contributed by atoms with Crippen molar-refractivity contribution in [2.75, 3.05) is 6.26 Å². The molecule has 3 unspecified atom stereocenters. The Bertz CT molecular complexity index is 878. The van der Waals surface area contributed by atoms with Gasteiger partial charge < -0.3 is 0 Å². The van der Waals surface area contributed by atoms with E-state index < -0.39 is 10.8 Å². The molecule has 5 heteroatoms. The number of carbonyl (C=O) groups excluding carboxylic acids is 1. The number of fused-ring (bicyclic) bond motifs is 1. The maximum absolute atomic E-state index is 13.8. The predicted octanol–water partition coefficient (Wildman–Crippen LogP) is 4.46. The standard InChI is InChI=1S/C21H21FO2SSe/c1-13-18(10-14-4-7-16(8-5-14)25(2)24)17-9-6-15(22)11-20(17)19(13)12-21(23)26-3/h4-11,13,17H,12H2,1-3H3/b18-10-. The van der Waals surface area contributed by atoms with Crippen molar-refractivity contribution in [3.05, 3.63) is 70.6 Å². The van der Waals surface area contributed by atoms with Gasteiger partial charge in [0.2, 0.25) is 0 Å². The van der Waals surface area contributed by atoms with Crippen molar-refractivity contribution in [3.63, 3.8) is 0 Å². The van der Waals surface area contributed by atoms with Crippen LogP contribution in [0.5, 0.6) is 0 Å². The maximum atomic E-state index is 13.8. The molecule has 1 aromatic rings. The molecule has 0 heterocycles. The summed E-state index contributed by atoms with van der Waals surface area (Å²) in [4.78, 5) is 12.8. The van der Waals surface area contributed by atoms with Gasteiger partial charge in [0.25, 0.3) is 0 Å². The Hall–Kier alpha value is -1.55. The summed E-state index contributed by atoms with van der Waals surface area (Å²) >= 11 is -0.0480. The Kier molecular flexibility index (Phi) is 5.91. The summed E-state index contributed by atoms with van der Waals surface area (Å²) in [6.07, 6.45) is 9.16. The number of carbonyl (C=O) groups is 1. The Labute approximate surface area is 162 Å². The van der Waals surface area contributed by atoms with Crippen molar-refractivity contribution >= 4 is 36.5 Å². The van der Waals surface area contributed by atoms with Gasteiger partial charge in [-0.15, -0.1) is 0 Å². The average Bonchev–Trinajstić information content (AvgIpc) is 2.87. The zero-order chi connectivity index (χ0) is 18.8. The molecule has 0 fully saturated rings. The molecule has 0 bridgehead atoms. The monoisotopic (exact) mass is 436 g/mol. The normalized spacial score (nSPS) is 24.6. The van der Waals surface area contributed by atoms with Crippen LogP contribution in [0, 0.1) is 11.8 Å². The van der Waals surface area contributed by atoms with Gasteiger partial charge in [0, 0.05) is 0 Å². The molecular weight excluding hydrogens is 414 g/mol. The fourth-order valence-corrected chi connectivity index (χ4v) is 4.68. The molecule has 1 aromatic carbocycles. The third kappa shape index (κ3) is 3.90. The van der Waals surface area contributed by atoms with E-state index in [-0.39, 0.29) is 37.3 Å². The van der Waals surface area contributed by atoms with E-state index in [2.05, 4.69) is 13.0 Å². The number of halogens is 1. The molecular formula is C21H21FO2SSe. The van der Waals surface area contributed by atoms with Gasteiger partial charge in [-0.2, -0.15) is 0 Å². The molecule has 136 valence electrons. The van der Waals surface area contributed by atoms with Crippen molar-refractivity contribution in [1.29, 1.82) is 0 Å². The topological polar surface area (TPSA) is 34.1 Å². The molecule has 0 spiro atoms. The molecule has 2 aliphatic rings. The van der Waals surface area contributed by atoms with Crippen LogP contribution in [0.1, 0.15) is 18.9 Å². The van der Waals surface area contributed by atoms with E-state index in [1.807, 2.05) is 36.2 Å². The summed E-state index contributed by atoms with van der Waals surface area (Å²) in [5.74, 6) is 1.79. The Balaban J connectivity index is 1.98. The summed E-state index contributed by atoms with van der Waals surface area (Å²) in [6, 6.07) is 7.66. The first-order valence-electron chi connectivity index (χ1n) is 8.41. The summed E-state index contributed by atoms with van der Waals surface area (Å²) in [6.45, 7) is 2.09.